The van der Waals surface area contributed by atoms with Crippen LogP contribution in [0, 0.1) is 0 Å². The molecule has 0 amide bonds. The Morgan fingerprint density at radius 2 is 2.17 bits per heavy atom. The van der Waals surface area contributed by atoms with Crippen LogP contribution in [0.2, 0.25) is 0 Å². The Labute approximate surface area is 109 Å². The van der Waals surface area contributed by atoms with Crippen molar-refractivity contribution in [3.05, 3.63) is 42.2 Å². The van der Waals surface area contributed by atoms with Gasteiger partial charge in [-0.1, -0.05) is 6.07 Å². The molecule has 0 bridgehead atoms. The van der Waals surface area contributed by atoms with Gasteiger partial charge in [-0.2, -0.15) is 5.10 Å². The standard InChI is InChI=1S/C13H17N3OS/c1-10(2)16-7-6-12(15-16)9-18(17)13-5-3-4-11(14)8-13/h3-8,10H,9,14H2,1-2H3. The fourth-order valence-electron chi connectivity index (χ4n) is 1.62. The lowest BCUT2D eigenvalue weighted by Crippen LogP contribution is -2.03. The van der Waals surface area contributed by atoms with Gasteiger partial charge >= 0.3 is 0 Å². The van der Waals surface area contributed by atoms with Crippen LogP contribution in [-0.2, 0) is 16.6 Å². The molecular weight excluding hydrogens is 246 g/mol. The van der Waals surface area contributed by atoms with Crippen LogP contribution in [0.25, 0.3) is 0 Å². The van der Waals surface area contributed by atoms with Crippen molar-refractivity contribution >= 4 is 16.5 Å². The largest absolute Gasteiger partial charge is 0.399 e. The number of rotatable bonds is 4. The molecule has 4 nitrogen and oxygen atoms in total. The summed E-state index contributed by atoms with van der Waals surface area (Å²) in [5, 5.41) is 4.39. The van der Waals surface area contributed by atoms with E-state index in [-0.39, 0.29) is 0 Å². The van der Waals surface area contributed by atoms with Crippen molar-refractivity contribution < 1.29 is 4.21 Å². The fourth-order valence-corrected chi connectivity index (χ4v) is 2.70. The average Bonchev–Trinajstić information content (AvgIpc) is 2.77. The molecule has 5 heteroatoms. The van der Waals surface area contributed by atoms with Crippen LogP contribution < -0.4 is 5.73 Å². The topological polar surface area (TPSA) is 60.9 Å². The summed E-state index contributed by atoms with van der Waals surface area (Å²) in [5.74, 6) is 0.420. The van der Waals surface area contributed by atoms with Gasteiger partial charge in [0.1, 0.15) is 0 Å². The summed E-state index contributed by atoms with van der Waals surface area (Å²) in [5.41, 5.74) is 7.15. The lowest BCUT2D eigenvalue weighted by atomic mass is 10.3. The zero-order valence-electron chi connectivity index (χ0n) is 10.5. The fraction of sp³-hybridized carbons (Fsp3) is 0.308. The summed E-state index contributed by atoms with van der Waals surface area (Å²) < 4.78 is 14.0. The van der Waals surface area contributed by atoms with E-state index in [1.165, 1.54) is 0 Å². The van der Waals surface area contributed by atoms with Crippen LogP contribution in [-0.4, -0.2) is 14.0 Å². The molecule has 2 rings (SSSR count). The third kappa shape index (κ3) is 2.98. The van der Waals surface area contributed by atoms with E-state index >= 15 is 0 Å². The molecular formula is C13H17N3OS. The Morgan fingerprint density at radius 3 is 2.78 bits per heavy atom. The van der Waals surface area contributed by atoms with Crippen molar-refractivity contribution in [1.82, 2.24) is 9.78 Å². The molecule has 1 aromatic heterocycles. The Bertz CT molecular complexity index is 563. The molecule has 0 aliphatic carbocycles. The van der Waals surface area contributed by atoms with Crippen molar-refractivity contribution in [2.45, 2.75) is 30.5 Å². The van der Waals surface area contributed by atoms with Gasteiger partial charge in [-0.15, -0.1) is 0 Å². The van der Waals surface area contributed by atoms with Gasteiger partial charge in [0.2, 0.25) is 0 Å². The van der Waals surface area contributed by atoms with E-state index in [0.717, 1.165) is 10.6 Å². The molecule has 1 aromatic carbocycles. The van der Waals surface area contributed by atoms with E-state index in [4.69, 9.17) is 5.73 Å². The first-order valence-electron chi connectivity index (χ1n) is 5.84. The molecule has 96 valence electrons. The lowest BCUT2D eigenvalue weighted by molar-refractivity contribution is 0.528. The van der Waals surface area contributed by atoms with E-state index in [1.54, 1.807) is 12.1 Å². The minimum Gasteiger partial charge on any atom is -0.399 e. The van der Waals surface area contributed by atoms with E-state index in [0.29, 0.717) is 17.5 Å². The minimum atomic E-state index is -1.10. The molecule has 0 spiro atoms. The molecule has 0 saturated heterocycles. The van der Waals surface area contributed by atoms with Gasteiger partial charge in [0, 0.05) is 22.8 Å². The highest BCUT2D eigenvalue weighted by atomic mass is 32.2. The van der Waals surface area contributed by atoms with Crippen molar-refractivity contribution in [2.75, 3.05) is 5.73 Å². The summed E-state index contributed by atoms with van der Waals surface area (Å²) >= 11 is 0. The predicted octanol–water partition coefficient (Wildman–Crippen LogP) is 2.35. The number of nitrogen functional groups attached to an aromatic ring is 1. The lowest BCUT2D eigenvalue weighted by Gasteiger charge is -2.04. The third-order valence-corrected chi connectivity index (χ3v) is 3.93. The second-order valence-electron chi connectivity index (χ2n) is 4.44. The average molecular weight is 263 g/mol. The Morgan fingerprint density at radius 1 is 1.39 bits per heavy atom. The SMILES string of the molecule is CC(C)n1ccc(CS(=O)c2cccc(N)c2)n1. The maximum atomic E-state index is 12.2. The van der Waals surface area contributed by atoms with Crippen LogP contribution in [0.15, 0.2) is 41.4 Å². The van der Waals surface area contributed by atoms with Crippen molar-refractivity contribution in [2.24, 2.45) is 0 Å². The second-order valence-corrected chi connectivity index (χ2v) is 5.89. The van der Waals surface area contributed by atoms with Gasteiger partial charge in [-0.25, -0.2) is 0 Å². The summed E-state index contributed by atoms with van der Waals surface area (Å²) in [4.78, 5) is 0.745. The molecule has 0 aliphatic rings. The van der Waals surface area contributed by atoms with Gasteiger partial charge < -0.3 is 5.73 Å². The monoisotopic (exact) mass is 263 g/mol. The first-order chi connectivity index (χ1) is 8.56. The predicted molar refractivity (Wildman–Crippen MR) is 73.6 cm³/mol. The van der Waals surface area contributed by atoms with Crippen molar-refractivity contribution in [3.8, 4) is 0 Å². The molecule has 2 N–H and O–H groups in total. The van der Waals surface area contributed by atoms with Crippen molar-refractivity contribution in [1.29, 1.82) is 0 Å². The number of nitrogens with two attached hydrogens (primary N) is 1. The zero-order valence-corrected chi connectivity index (χ0v) is 11.4. The highest BCUT2D eigenvalue weighted by molar-refractivity contribution is 7.84. The maximum absolute atomic E-state index is 12.2. The minimum absolute atomic E-state index is 0.319. The van der Waals surface area contributed by atoms with Crippen LogP contribution in [0.1, 0.15) is 25.6 Å². The van der Waals surface area contributed by atoms with Gasteiger partial charge in [0.15, 0.2) is 0 Å². The highest BCUT2D eigenvalue weighted by Gasteiger charge is 2.08. The number of aromatic nitrogens is 2. The van der Waals surface area contributed by atoms with Gasteiger partial charge in [0.05, 0.1) is 22.2 Å². The summed E-state index contributed by atoms with van der Waals surface area (Å²) in [6.45, 7) is 4.12. The van der Waals surface area contributed by atoms with Crippen molar-refractivity contribution in [3.63, 3.8) is 0 Å². The van der Waals surface area contributed by atoms with E-state index in [2.05, 4.69) is 18.9 Å². The van der Waals surface area contributed by atoms with Gasteiger partial charge in [0.25, 0.3) is 0 Å². The molecule has 0 radical (unpaired) electrons. The molecule has 1 heterocycles. The summed E-state index contributed by atoms with van der Waals surface area (Å²) in [6, 6.07) is 9.40. The van der Waals surface area contributed by atoms with E-state index in [9.17, 15) is 4.21 Å². The van der Waals surface area contributed by atoms with Gasteiger partial charge in [-0.05, 0) is 38.1 Å². The molecule has 2 aromatic rings. The van der Waals surface area contributed by atoms with E-state index < -0.39 is 10.8 Å². The smallest absolute Gasteiger partial charge is 0.0753 e. The van der Waals surface area contributed by atoms with Crippen LogP contribution in [0.4, 0.5) is 5.69 Å². The number of hydrogen-bond acceptors (Lipinski definition) is 3. The molecule has 0 aliphatic heterocycles. The molecule has 18 heavy (non-hydrogen) atoms. The quantitative estimate of drug-likeness (QED) is 0.861. The van der Waals surface area contributed by atoms with Crippen LogP contribution >= 0.6 is 0 Å². The first-order valence-corrected chi connectivity index (χ1v) is 7.16. The summed E-state index contributed by atoms with van der Waals surface area (Å²) in [7, 11) is -1.10. The first kappa shape index (κ1) is 12.8. The van der Waals surface area contributed by atoms with E-state index in [1.807, 2.05) is 29.1 Å². The Kier molecular flexibility index (Phi) is 3.81. The number of anilines is 1. The number of hydrogen-bond donors (Lipinski definition) is 1. The number of benzene rings is 1. The molecule has 1 atom stereocenters. The Balaban J connectivity index is 2.11. The molecule has 0 fully saturated rings. The molecule has 0 saturated carbocycles. The highest BCUT2D eigenvalue weighted by Crippen LogP contribution is 2.15. The Hall–Kier alpha value is -1.62. The third-order valence-electron chi connectivity index (χ3n) is 2.59. The summed E-state index contributed by atoms with van der Waals surface area (Å²) in [6.07, 6.45) is 1.91. The van der Waals surface area contributed by atoms with Gasteiger partial charge in [-0.3, -0.25) is 8.89 Å². The maximum Gasteiger partial charge on any atom is 0.0753 e. The zero-order chi connectivity index (χ0) is 13.1. The second kappa shape index (κ2) is 5.35. The van der Waals surface area contributed by atoms with Crippen LogP contribution in [0.5, 0.6) is 0 Å². The number of nitrogens with zero attached hydrogens (tertiary/aromatic N) is 2. The molecule has 1 unspecified atom stereocenters. The normalized spacial score (nSPS) is 12.8. The van der Waals surface area contributed by atoms with Crippen LogP contribution in [0.3, 0.4) is 0 Å².